The minimum atomic E-state index is -4.47. The number of halogens is 4. The molecule has 2 amide bonds. The molecule has 0 spiro atoms. The van der Waals surface area contributed by atoms with Crippen molar-refractivity contribution in [2.24, 2.45) is 0 Å². The average molecular weight is 411 g/mol. The molecule has 0 heterocycles. The fourth-order valence-electron chi connectivity index (χ4n) is 2.48. The normalized spacial score (nSPS) is 12.5. The second kappa shape index (κ2) is 9.51. The summed E-state index contributed by atoms with van der Waals surface area (Å²) in [5.74, 6) is -1.59. The van der Waals surface area contributed by atoms with Crippen LogP contribution in [0.25, 0.3) is 0 Å². The Kier molecular flexibility index (Phi) is 7.33. The smallest absolute Gasteiger partial charge is 0.343 e. The van der Waals surface area contributed by atoms with Gasteiger partial charge in [-0.25, -0.2) is 4.39 Å². The van der Waals surface area contributed by atoms with Crippen LogP contribution in [0.3, 0.4) is 0 Å². The van der Waals surface area contributed by atoms with Crippen molar-refractivity contribution in [2.75, 3.05) is 18.9 Å². The van der Waals surface area contributed by atoms with Crippen molar-refractivity contribution in [1.82, 2.24) is 10.2 Å². The molecule has 0 radical (unpaired) electrons. The lowest BCUT2D eigenvalue weighted by Crippen LogP contribution is -2.39. The fraction of sp³-hybridized carbons (Fsp3) is 0.300. The van der Waals surface area contributed by atoms with E-state index >= 15 is 0 Å². The molecule has 0 saturated heterocycles. The Morgan fingerprint density at radius 2 is 1.76 bits per heavy atom. The van der Waals surface area contributed by atoms with Crippen LogP contribution in [0.4, 0.5) is 23.2 Å². The molecule has 0 bridgehead atoms. The molecule has 2 N–H and O–H groups in total. The summed E-state index contributed by atoms with van der Waals surface area (Å²) in [4.78, 5) is 25.8. The molecule has 0 unspecified atom stereocenters. The van der Waals surface area contributed by atoms with E-state index in [1.165, 1.54) is 30.3 Å². The van der Waals surface area contributed by atoms with Crippen molar-refractivity contribution in [3.63, 3.8) is 0 Å². The van der Waals surface area contributed by atoms with E-state index < -0.39 is 30.5 Å². The van der Waals surface area contributed by atoms with Crippen molar-refractivity contribution in [1.29, 1.82) is 0 Å². The summed E-state index contributed by atoms with van der Waals surface area (Å²) < 4.78 is 49.7. The van der Waals surface area contributed by atoms with E-state index in [-0.39, 0.29) is 11.5 Å². The Hall–Kier alpha value is -2.94. The Balaban J connectivity index is 1.91. The van der Waals surface area contributed by atoms with E-state index in [1.54, 1.807) is 42.4 Å². The van der Waals surface area contributed by atoms with Crippen molar-refractivity contribution >= 4 is 17.5 Å². The number of rotatable bonds is 7. The number of anilines is 1. The first-order valence-corrected chi connectivity index (χ1v) is 8.76. The number of alkyl halides is 3. The van der Waals surface area contributed by atoms with E-state index in [9.17, 15) is 27.2 Å². The Morgan fingerprint density at radius 3 is 2.34 bits per heavy atom. The highest BCUT2D eigenvalue weighted by atomic mass is 19.4. The van der Waals surface area contributed by atoms with E-state index in [0.29, 0.717) is 12.2 Å². The van der Waals surface area contributed by atoms with Gasteiger partial charge in [-0.1, -0.05) is 18.2 Å². The highest BCUT2D eigenvalue weighted by Gasteiger charge is 2.27. The molecule has 2 rings (SSSR count). The van der Waals surface area contributed by atoms with E-state index in [0.717, 1.165) is 5.56 Å². The molecule has 0 aliphatic rings. The van der Waals surface area contributed by atoms with Gasteiger partial charge in [-0.3, -0.25) is 14.5 Å². The van der Waals surface area contributed by atoms with Gasteiger partial charge in [0.05, 0.1) is 6.04 Å². The molecule has 156 valence electrons. The molecule has 0 aromatic heterocycles. The summed E-state index contributed by atoms with van der Waals surface area (Å²) in [6.07, 6.45) is -4.47. The molecule has 5 nitrogen and oxygen atoms in total. The second-order valence-corrected chi connectivity index (χ2v) is 6.59. The molecule has 0 saturated carbocycles. The maximum Gasteiger partial charge on any atom is 0.405 e. The zero-order valence-electron chi connectivity index (χ0n) is 15.9. The molecule has 9 heteroatoms. The highest BCUT2D eigenvalue weighted by Crippen LogP contribution is 2.14. The number of likely N-dealkylation sites (N-methyl/N-ethyl adjacent to an activating group) is 1. The van der Waals surface area contributed by atoms with Gasteiger partial charge in [0, 0.05) is 17.8 Å². The van der Waals surface area contributed by atoms with Gasteiger partial charge in [-0.15, -0.1) is 0 Å². The lowest BCUT2D eigenvalue weighted by Gasteiger charge is -2.24. The van der Waals surface area contributed by atoms with Crippen LogP contribution in [0.5, 0.6) is 0 Å². The summed E-state index contributed by atoms with van der Waals surface area (Å²) in [6.45, 7) is 0.657. The summed E-state index contributed by atoms with van der Waals surface area (Å²) in [7, 11) is 1.72. The van der Waals surface area contributed by atoms with Gasteiger partial charge in [-0.05, 0) is 49.9 Å². The zero-order valence-corrected chi connectivity index (χ0v) is 15.9. The molecular weight excluding hydrogens is 390 g/mol. The predicted molar refractivity (Wildman–Crippen MR) is 101 cm³/mol. The van der Waals surface area contributed by atoms with Gasteiger partial charge in [0.15, 0.2) is 0 Å². The monoisotopic (exact) mass is 411 g/mol. The minimum absolute atomic E-state index is 0.109. The van der Waals surface area contributed by atoms with Crippen LogP contribution in [-0.4, -0.2) is 42.5 Å². The van der Waals surface area contributed by atoms with Crippen LogP contribution in [-0.2, 0) is 11.3 Å². The first-order valence-electron chi connectivity index (χ1n) is 8.76. The molecule has 0 aliphatic carbocycles. The zero-order chi connectivity index (χ0) is 21.6. The van der Waals surface area contributed by atoms with Gasteiger partial charge < -0.3 is 10.6 Å². The lowest BCUT2D eigenvalue weighted by molar-refractivity contribution is -0.123. The molecule has 2 aromatic carbocycles. The second-order valence-electron chi connectivity index (χ2n) is 6.59. The highest BCUT2D eigenvalue weighted by molar-refractivity contribution is 5.95. The summed E-state index contributed by atoms with van der Waals surface area (Å²) in [6, 6.07) is 11.1. The van der Waals surface area contributed by atoms with Gasteiger partial charge in [0.25, 0.3) is 5.91 Å². The van der Waals surface area contributed by atoms with Gasteiger partial charge in [0.2, 0.25) is 5.91 Å². The number of nitrogens with one attached hydrogen (secondary N) is 2. The number of hydrogen-bond acceptors (Lipinski definition) is 3. The van der Waals surface area contributed by atoms with Crippen molar-refractivity contribution in [3.8, 4) is 0 Å². The maximum atomic E-state index is 13.2. The Bertz CT molecular complexity index is 854. The summed E-state index contributed by atoms with van der Waals surface area (Å²) in [5.41, 5.74) is 1.23. The number of benzene rings is 2. The van der Waals surface area contributed by atoms with Crippen LogP contribution >= 0.6 is 0 Å². The van der Waals surface area contributed by atoms with Crippen LogP contribution in [0, 0.1) is 5.82 Å². The third kappa shape index (κ3) is 7.19. The number of amides is 2. The van der Waals surface area contributed by atoms with Crippen LogP contribution < -0.4 is 10.6 Å². The van der Waals surface area contributed by atoms with Gasteiger partial charge in [0.1, 0.15) is 12.4 Å². The largest absolute Gasteiger partial charge is 0.405 e. The molecule has 29 heavy (non-hydrogen) atoms. The summed E-state index contributed by atoms with van der Waals surface area (Å²) >= 11 is 0. The van der Waals surface area contributed by atoms with E-state index in [2.05, 4.69) is 5.32 Å². The first kappa shape index (κ1) is 22.4. The Labute approximate surface area is 165 Å². The van der Waals surface area contributed by atoms with Crippen molar-refractivity contribution < 1.29 is 27.2 Å². The fourth-order valence-corrected chi connectivity index (χ4v) is 2.48. The number of carbonyl (C=O) groups excluding carboxylic acids is 2. The van der Waals surface area contributed by atoms with Gasteiger partial charge >= 0.3 is 6.18 Å². The first-order chi connectivity index (χ1) is 13.5. The lowest BCUT2D eigenvalue weighted by atomic mass is 10.1. The van der Waals surface area contributed by atoms with Crippen molar-refractivity contribution in [3.05, 3.63) is 65.5 Å². The molecule has 0 aliphatic heterocycles. The number of hydrogen-bond donors (Lipinski definition) is 2. The molecule has 1 atom stereocenters. The average Bonchev–Trinajstić information content (AvgIpc) is 2.65. The van der Waals surface area contributed by atoms with Crippen molar-refractivity contribution in [2.45, 2.75) is 25.7 Å². The number of nitrogens with zero attached hydrogens (tertiary/aromatic N) is 1. The van der Waals surface area contributed by atoms with E-state index in [4.69, 9.17) is 0 Å². The summed E-state index contributed by atoms with van der Waals surface area (Å²) in [5, 5.41) is 4.44. The third-order valence-electron chi connectivity index (χ3n) is 4.23. The van der Waals surface area contributed by atoms with E-state index in [1.807, 2.05) is 0 Å². The topological polar surface area (TPSA) is 61.4 Å². The Morgan fingerprint density at radius 1 is 1.10 bits per heavy atom. The minimum Gasteiger partial charge on any atom is -0.343 e. The van der Waals surface area contributed by atoms with Crippen LogP contribution in [0.2, 0.25) is 0 Å². The standard InChI is InChI=1S/C20H21F4N3O2/c1-13(18(28)26-17-5-3-4-16(21)10-17)27(2)11-14-6-8-15(9-7-14)19(29)25-12-20(22,23)24/h3-10,13H,11-12H2,1-2H3,(H,25,29)(H,26,28)/t13-/m0/s1. The van der Waals surface area contributed by atoms with Crippen LogP contribution in [0.1, 0.15) is 22.8 Å². The molecular formula is C20H21F4N3O2. The maximum absolute atomic E-state index is 13.2. The SMILES string of the molecule is C[C@@H](C(=O)Nc1cccc(F)c1)N(C)Cc1ccc(C(=O)NCC(F)(F)F)cc1. The number of carbonyl (C=O) groups is 2. The van der Waals surface area contributed by atoms with Gasteiger partial charge in [-0.2, -0.15) is 13.2 Å². The molecule has 0 fully saturated rings. The predicted octanol–water partition coefficient (Wildman–Crippen LogP) is 3.58. The third-order valence-corrected chi connectivity index (χ3v) is 4.23. The quantitative estimate of drug-likeness (QED) is 0.685. The van der Waals surface area contributed by atoms with Crippen LogP contribution in [0.15, 0.2) is 48.5 Å². The molecule has 2 aromatic rings.